The van der Waals surface area contributed by atoms with Gasteiger partial charge in [-0.1, -0.05) is 20.8 Å². The molecule has 1 aliphatic heterocycles. The average molecular weight is 615 g/mol. The van der Waals surface area contributed by atoms with E-state index >= 15 is 8.78 Å². The minimum atomic E-state index is -4.13. The molecule has 1 saturated heterocycles. The first kappa shape index (κ1) is 31.3. The second-order valence-corrected chi connectivity index (χ2v) is 11.4. The molecule has 0 spiro atoms. The van der Waals surface area contributed by atoms with Crippen LogP contribution in [0.25, 0.3) is 0 Å². The van der Waals surface area contributed by atoms with Crippen LogP contribution in [-0.2, 0) is 18.1 Å². The molecule has 234 valence electrons. The fraction of sp³-hybridized carbons (Fsp3) is 0.433. The number of nitrogens with zero attached hydrogens (tertiary/aromatic N) is 8. The van der Waals surface area contributed by atoms with Gasteiger partial charge >= 0.3 is 5.92 Å². The summed E-state index contributed by atoms with van der Waals surface area (Å²) in [5, 5.41) is 32.2. The van der Waals surface area contributed by atoms with Crippen molar-refractivity contribution in [1.29, 1.82) is 0 Å². The quantitative estimate of drug-likeness (QED) is 0.255. The number of piperazine rings is 1. The van der Waals surface area contributed by atoms with Gasteiger partial charge in [0.1, 0.15) is 23.7 Å². The summed E-state index contributed by atoms with van der Waals surface area (Å²) in [6.07, 6.45) is 3.39. The van der Waals surface area contributed by atoms with Crippen LogP contribution in [0, 0.1) is 23.5 Å². The molecule has 5 rings (SSSR count). The van der Waals surface area contributed by atoms with Gasteiger partial charge in [0, 0.05) is 37.8 Å². The van der Waals surface area contributed by atoms with E-state index < -0.39 is 47.1 Å². The Balaban J connectivity index is 1.29. The largest absolute Gasteiger partial charge is 0.387 e. The highest BCUT2D eigenvalue weighted by Gasteiger charge is 2.58. The van der Waals surface area contributed by atoms with E-state index in [9.17, 15) is 19.0 Å². The number of hydrogen-bond acceptors (Lipinski definition) is 9. The minimum Gasteiger partial charge on any atom is -0.387 e. The van der Waals surface area contributed by atoms with Crippen LogP contribution >= 0.6 is 0 Å². The molecule has 0 aliphatic carbocycles. The van der Waals surface area contributed by atoms with Crippen LogP contribution in [-0.4, -0.2) is 66.6 Å². The van der Waals surface area contributed by atoms with Gasteiger partial charge in [-0.3, -0.25) is 9.97 Å². The van der Waals surface area contributed by atoms with Crippen molar-refractivity contribution < 1.29 is 27.8 Å². The first-order valence-electron chi connectivity index (χ1n) is 14.3. The van der Waals surface area contributed by atoms with Gasteiger partial charge in [0.15, 0.2) is 5.60 Å². The molecule has 0 amide bonds. The van der Waals surface area contributed by atoms with Crippen LogP contribution in [0.2, 0.25) is 0 Å². The highest BCUT2D eigenvalue weighted by atomic mass is 19.3. The van der Waals surface area contributed by atoms with E-state index in [0.29, 0.717) is 49.5 Å². The van der Waals surface area contributed by atoms with Crippen molar-refractivity contribution in [3.8, 4) is 0 Å². The zero-order valence-corrected chi connectivity index (χ0v) is 24.5. The maximum Gasteiger partial charge on any atom is 0.323 e. The standard InChI is InChI=1S/C30H34F4N8O2/c1-19(2)20(3)28(43)26-8-5-22(15-35-26)40-10-12-41(13-11-40)23-6-9-27(36-16-23)30(33,34)29(44,17-42-18-37-38-39-42)24-7-4-21(31)14-25(24)32/h4-9,14-16,18-20,28,43-44H,10-13,17H2,1-3H3/t20?,28?,29-/m0/s1. The zero-order chi connectivity index (χ0) is 31.6. The van der Waals surface area contributed by atoms with Crippen LogP contribution in [0.5, 0.6) is 0 Å². The molecular formula is C30H34F4N8O2. The Bertz CT molecular complexity index is 1530. The molecular weight excluding hydrogens is 580 g/mol. The molecule has 1 aromatic carbocycles. The number of aromatic nitrogens is 6. The molecule has 44 heavy (non-hydrogen) atoms. The molecule has 0 radical (unpaired) electrons. The van der Waals surface area contributed by atoms with Crippen LogP contribution in [0.15, 0.2) is 61.2 Å². The maximum atomic E-state index is 16.0. The second-order valence-electron chi connectivity index (χ2n) is 11.4. The van der Waals surface area contributed by atoms with E-state index in [2.05, 4.69) is 44.2 Å². The van der Waals surface area contributed by atoms with E-state index in [-0.39, 0.29) is 5.92 Å². The van der Waals surface area contributed by atoms with Crippen molar-refractivity contribution in [3.05, 3.63) is 89.8 Å². The molecule has 3 atom stereocenters. The van der Waals surface area contributed by atoms with E-state index in [1.807, 2.05) is 24.0 Å². The zero-order valence-electron chi connectivity index (χ0n) is 24.5. The smallest absolute Gasteiger partial charge is 0.323 e. The molecule has 1 aliphatic rings. The lowest BCUT2D eigenvalue weighted by molar-refractivity contribution is -0.207. The van der Waals surface area contributed by atoms with Gasteiger partial charge in [0.2, 0.25) is 0 Å². The van der Waals surface area contributed by atoms with Crippen molar-refractivity contribution in [2.75, 3.05) is 36.0 Å². The first-order valence-corrected chi connectivity index (χ1v) is 14.3. The number of tetrazole rings is 1. The van der Waals surface area contributed by atoms with Crippen LogP contribution in [0.1, 0.15) is 43.8 Å². The topological polar surface area (TPSA) is 116 Å². The molecule has 0 bridgehead atoms. The number of alkyl halides is 2. The molecule has 4 heterocycles. The Morgan fingerprint density at radius 1 is 0.886 bits per heavy atom. The van der Waals surface area contributed by atoms with Gasteiger partial charge in [0.05, 0.1) is 42.1 Å². The first-order chi connectivity index (χ1) is 20.9. The Hall–Kier alpha value is -4.17. The van der Waals surface area contributed by atoms with Crippen molar-refractivity contribution in [2.45, 2.75) is 44.9 Å². The third-order valence-electron chi connectivity index (χ3n) is 8.38. The second kappa shape index (κ2) is 12.4. The lowest BCUT2D eigenvalue weighted by Gasteiger charge is -2.38. The highest BCUT2D eigenvalue weighted by Crippen LogP contribution is 2.47. The summed E-state index contributed by atoms with van der Waals surface area (Å²) < 4.78 is 61.3. The fourth-order valence-corrected chi connectivity index (χ4v) is 5.25. The van der Waals surface area contributed by atoms with Crippen LogP contribution < -0.4 is 9.80 Å². The molecule has 1 fully saturated rings. The Morgan fingerprint density at radius 3 is 2.02 bits per heavy atom. The number of rotatable bonds is 10. The fourth-order valence-electron chi connectivity index (χ4n) is 5.25. The molecule has 3 aromatic heterocycles. The van der Waals surface area contributed by atoms with Crippen molar-refractivity contribution in [2.24, 2.45) is 11.8 Å². The molecule has 4 aromatic rings. The van der Waals surface area contributed by atoms with Crippen molar-refractivity contribution >= 4 is 11.4 Å². The van der Waals surface area contributed by atoms with E-state index in [0.717, 1.165) is 34.9 Å². The summed E-state index contributed by atoms with van der Waals surface area (Å²) in [4.78, 5) is 12.6. The van der Waals surface area contributed by atoms with Crippen LogP contribution in [0.3, 0.4) is 0 Å². The van der Waals surface area contributed by atoms with Gasteiger partial charge in [-0.25, -0.2) is 13.5 Å². The average Bonchev–Trinajstić information content (AvgIpc) is 3.53. The number of aliphatic hydroxyl groups is 2. The third kappa shape index (κ3) is 6.09. The number of hydrogen-bond donors (Lipinski definition) is 2. The maximum absolute atomic E-state index is 16.0. The van der Waals surface area contributed by atoms with Crippen molar-refractivity contribution in [1.82, 2.24) is 30.2 Å². The molecule has 2 N–H and O–H groups in total. The summed E-state index contributed by atoms with van der Waals surface area (Å²) >= 11 is 0. The van der Waals surface area contributed by atoms with Gasteiger partial charge in [-0.15, -0.1) is 5.10 Å². The summed E-state index contributed by atoms with van der Waals surface area (Å²) in [5.41, 5.74) is -2.69. The van der Waals surface area contributed by atoms with Gasteiger partial charge in [0.25, 0.3) is 0 Å². The van der Waals surface area contributed by atoms with Gasteiger partial charge < -0.3 is 20.0 Å². The highest BCUT2D eigenvalue weighted by molar-refractivity contribution is 5.51. The van der Waals surface area contributed by atoms with E-state index in [1.54, 1.807) is 6.20 Å². The predicted octanol–water partition coefficient (Wildman–Crippen LogP) is 4.07. The lowest BCUT2D eigenvalue weighted by atomic mass is 9.84. The number of anilines is 2. The van der Waals surface area contributed by atoms with Gasteiger partial charge in [-0.2, -0.15) is 8.78 Å². The number of pyridine rings is 2. The SMILES string of the molecule is CC(C)C(C)C(O)c1ccc(N2CCN(c3ccc(C(F)(F)[C@](O)(Cn4cnnn4)c4ccc(F)cc4F)nc3)CC2)cn1. The van der Waals surface area contributed by atoms with Crippen LogP contribution in [0.4, 0.5) is 28.9 Å². The summed E-state index contributed by atoms with van der Waals surface area (Å²) in [6, 6.07) is 8.31. The lowest BCUT2D eigenvalue weighted by Crippen LogP contribution is -2.48. The van der Waals surface area contributed by atoms with E-state index in [4.69, 9.17) is 0 Å². The number of halogens is 4. The van der Waals surface area contributed by atoms with Crippen molar-refractivity contribution in [3.63, 3.8) is 0 Å². The summed E-state index contributed by atoms with van der Waals surface area (Å²) in [6.45, 7) is 7.63. The predicted molar refractivity (Wildman–Crippen MR) is 154 cm³/mol. The number of aliphatic hydroxyl groups excluding tert-OH is 1. The molecule has 14 heteroatoms. The Kier molecular flexibility index (Phi) is 8.84. The monoisotopic (exact) mass is 614 g/mol. The molecule has 2 unspecified atom stereocenters. The van der Waals surface area contributed by atoms with E-state index in [1.165, 1.54) is 12.3 Å². The molecule has 10 nitrogen and oxygen atoms in total. The summed E-state index contributed by atoms with van der Waals surface area (Å²) in [7, 11) is 0. The number of benzene rings is 1. The Morgan fingerprint density at radius 2 is 1.52 bits per heavy atom. The Labute approximate surface area is 252 Å². The minimum absolute atomic E-state index is 0.0701. The third-order valence-corrected chi connectivity index (χ3v) is 8.38. The van der Waals surface area contributed by atoms with Gasteiger partial charge in [-0.05, 0) is 58.7 Å². The normalized spacial score (nSPS) is 17.0. The summed E-state index contributed by atoms with van der Waals surface area (Å²) in [5.74, 6) is -6.07. The molecule has 0 saturated carbocycles.